The predicted molar refractivity (Wildman–Crippen MR) is 119 cm³/mol. The van der Waals surface area contributed by atoms with Gasteiger partial charge in [-0.05, 0) is 61.5 Å². The Morgan fingerprint density at radius 1 is 0.903 bits per heavy atom. The van der Waals surface area contributed by atoms with Crippen molar-refractivity contribution in [3.8, 4) is 5.75 Å². The predicted octanol–water partition coefficient (Wildman–Crippen LogP) is 3.98. The smallest absolute Gasteiger partial charge is 0.264 e. The number of sulfonamides is 1. The van der Waals surface area contributed by atoms with Crippen molar-refractivity contribution in [2.45, 2.75) is 11.8 Å². The van der Waals surface area contributed by atoms with Crippen LogP contribution in [-0.4, -0.2) is 34.3 Å². The van der Waals surface area contributed by atoms with Crippen LogP contribution < -0.4 is 14.4 Å². The van der Waals surface area contributed by atoms with Crippen LogP contribution in [0.3, 0.4) is 0 Å². The van der Waals surface area contributed by atoms with Crippen molar-refractivity contribution >= 4 is 33.1 Å². The summed E-state index contributed by atoms with van der Waals surface area (Å²) in [6.45, 7) is 1.45. The lowest BCUT2D eigenvalue weighted by Gasteiger charge is -2.20. The van der Waals surface area contributed by atoms with Gasteiger partial charge in [-0.15, -0.1) is 0 Å². The molecule has 3 rings (SSSR count). The van der Waals surface area contributed by atoms with Gasteiger partial charge in [0.15, 0.2) is 5.78 Å². The molecule has 0 atom stereocenters. The third-order valence-electron chi connectivity index (χ3n) is 4.72. The third-order valence-corrected chi connectivity index (χ3v) is 6.52. The second kappa shape index (κ2) is 9.01. The zero-order chi connectivity index (χ0) is 22.6. The Balaban J connectivity index is 1.83. The first-order valence-corrected chi connectivity index (χ1v) is 10.8. The maximum absolute atomic E-state index is 13.0. The Bertz CT molecular complexity index is 1220. The molecule has 0 spiro atoms. The Morgan fingerprint density at radius 2 is 1.55 bits per heavy atom. The maximum atomic E-state index is 13.0. The summed E-state index contributed by atoms with van der Waals surface area (Å²) in [6.07, 6.45) is 0. The fourth-order valence-electron chi connectivity index (χ4n) is 2.91. The number of carbonyl (C=O) groups is 2. The first kappa shape index (κ1) is 22.0. The molecule has 8 heteroatoms. The number of methoxy groups -OCH3 is 1. The summed E-state index contributed by atoms with van der Waals surface area (Å²) in [4.78, 5) is 24.3. The third kappa shape index (κ3) is 4.92. The lowest BCUT2D eigenvalue weighted by atomic mass is 10.1. The molecule has 0 aliphatic rings. The van der Waals surface area contributed by atoms with Crippen LogP contribution in [0.15, 0.2) is 77.7 Å². The van der Waals surface area contributed by atoms with Gasteiger partial charge in [0.25, 0.3) is 15.9 Å². The molecule has 1 amide bonds. The van der Waals surface area contributed by atoms with Crippen molar-refractivity contribution in [3.05, 3.63) is 83.9 Å². The minimum atomic E-state index is -3.82. The monoisotopic (exact) mass is 438 g/mol. The van der Waals surface area contributed by atoms with Crippen molar-refractivity contribution in [1.82, 2.24) is 0 Å². The van der Waals surface area contributed by atoms with E-state index < -0.39 is 15.9 Å². The summed E-state index contributed by atoms with van der Waals surface area (Å²) >= 11 is 0. The van der Waals surface area contributed by atoms with Crippen molar-refractivity contribution in [3.63, 3.8) is 0 Å². The molecule has 3 aromatic carbocycles. The number of Topliss-reactive ketones (excluding diaryl/α,β-unsaturated/α-hetero) is 1. The number of nitrogens with one attached hydrogen (secondary N) is 1. The van der Waals surface area contributed by atoms with Crippen molar-refractivity contribution in [2.75, 3.05) is 23.8 Å². The molecule has 0 heterocycles. The number of nitrogens with zero attached hydrogens (tertiary/aromatic N) is 1. The molecule has 1 N–H and O–H groups in total. The first-order valence-electron chi connectivity index (χ1n) is 9.38. The Kier molecular flexibility index (Phi) is 6.41. The first-order chi connectivity index (χ1) is 14.7. The molecule has 0 saturated heterocycles. The van der Waals surface area contributed by atoms with Gasteiger partial charge in [-0.2, -0.15) is 0 Å². The van der Waals surface area contributed by atoms with E-state index in [0.29, 0.717) is 22.7 Å². The van der Waals surface area contributed by atoms with Gasteiger partial charge in [-0.25, -0.2) is 8.42 Å². The maximum Gasteiger partial charge on any atom is 0.264 e. The molecule has 7 nitrogen and oxygen atoms in total. The molecular weight excluding hydrogens is 416 g/mol. The average Bonchev–Trinajstić information content (AvgIpc) is 2.78. The van der Waals surface area contributed by atoms with Gasteiger partial charge >= 0.3 is 0 Å². The average molecular weight is 439 g/mol. The van der Waals surface area contributed by atoms with Crippen LogP contribution in [0.1, 0.15) is 27.6 Å². The quantitative estimate of drug-likeness (QED) is 0.564. The Morgan fingerprint density at radius 3 is 2.19 bits per heavy atom. The van der Waals surface area contributed by atoms with E-state index in [1.807, 2.05) is 0 Å². The van der Waals surface area contributed by atoms with Gasteiger partial charge < -0.3 is 10.1 Å². The number of rotatable bonds is 7. The summed E-state index contributed by atoms with van der Waals surface area (Å²) in [5.41, 5.74) is 1.57. The van der Waals surface area contributed by atoms with Crippen molar-refractivity contribution < 1.29 is 22.7 Å². The molecule has 0 radical (unpaired) electrons. The number of ketones is 1. The van der Waals surface area contributed by atoms with E-state index in [-0.39, 0.29) is 16.2 Å². The second-order valence-electron chi connectivity index (χ2n) is 6.79. The zero-order valence-electron chi connectivity index (χ0n) is 17.3. The van der Waals surface area contributed by atoms with Gasteiger partial charge in [-0.3, -0.25) is 13.9 Å². The highest BCUT2D eigenvalue weighted by Gasteiger charge is 2.22. The highest BCUT2D eigenvalue weighted by molar-refractivity contribution is 7.92. The number of hydrogen-bond acceptors (Lipinski definition) is 5. The summed E-state index contributed by atoms with van der Waals surface area (Å²) < 4.78 is 32.1. The zero-order valence-corrected chi connectivity index (χ0v) is 18.1. The standard InChI is InChI=1S/C23H22N2O5S/c1-16(26)17-6-4-8-19(14-17)24-23(27)18-7-5-9-20(15-18)25(2)31(28,29)22-12-10-21(30-3)11-13-22/h4-15H,1-3H3,(H,24,27). The van der Waals surface area contributed by atoms with Crippen LogP contribution in [0.25, 0.3) is 0 Å². The lowest BCUT2D eigenvalue weighted by Crippen LogP contribution is -2.26. The van der Waals surface area contributed by atoms with E-state index in [1.54, 1.807) is 54.6 Å². The molecule has 31 heavy (non-hydrogen) atoms. The molecule has 0 aliphatic carbocycles. The fourth-order valence-corrected chi connectivity index (χ4v) is 4.09. The summed E-state index contributed by atoms with van der Waals surface area (Å²) in [5, 5.41) is 2.73. The number of carbonyl (C=O) groups excluding carboxylic acids is 2. The minimum Gasteiger partial charge on any atom is -0.497 e. The Labute approximate surface area is 181 Å². The van der Waals surface area contributed by atoms with E-state index in [2.05, 4.69) is 5.32 Å². The summed E-state index contributed by atoms with van der Waals surface area (Å²) in [5.74, 6) is 0.0235. The van der Waals surface area contributed by atoms with Crippen molar-refractivity contribution in [2.24, 2.45) is 0 Å². The van der Waals surface area contributed by atoms with Crippen LogP contribution in [0.4, 0.5) is 11.4 Å². The normalized spacial score (nSPS) is 10.9. The molecule has 0 aromatic heterocycles. The SMILES string of the molecule is COc1ccc(S(=O)(=O)N(C)c2cccc(C(=O)Nc3cccc(C(C)=O)c3)c2)cc1. The van der Waals surface area contributed by atoms with Crippen LogP contribution in [0.2, 0.25) is 0 Å². The number of anilines is 2. The van der Waals surface area contributed by atoms with Crippen LogP contribution in [-0.2, 0) is 10.0 Å². The molecular formula is C23H22N2O5S. The Hall–Kier alpha value is -3.65. The van der Waals surface area contributed by atoms with Crippen molar-refractivity contribution in [1.29, 1.82) is 0 Å². The lowest BCUT2D eigenvalue weighted by molar-refractivity contribution is 0.101. The van der Waals surface area contributed by atoms with E-state index in [0.717, 1.165) is 4.31 Å². The van der Waals surface area contributed by atoms with Gasteiger partial charge in [0.05, 0.1) is 17.7 Å². The van der Waals surface area contributed by atoms with E-state index in [1.165, 1.54) is 39.3 Å². The molecule has 0 fully saturated rings. The molecule has 0 aliphatic heterocycles. The number of amides is 1. The number of hydrogen-bond donors (Lipinski definition) is 1. The molecule has 0 bridgehead atoms. The topological polar surface area (TPSA) is 92.8 Å². The summed E-state index contributed by atoms with van der Waals surface area (Å²) in [7, 11) is -0.899. The van der Waals surface area contributed by atoms with Gasteiger partial charge in [0.1, 0.15) is 5.75 Å². The van der Waals surface area contributed by atoms with E-state index in [4.69, 9.17) is 4.74 Å². The number of ether oxygens (including phenoxy) is 1. The number of benzene rings is 3. The van der Waals surface area contributed by atoms with Gasteiger partial charge in [0, 0.05) is 23.9 Å². The highest BCUT2D eigenvalue weighted by atomic mass is 32.2. The molecule has 0 unspecified atom stereocenters. The van der Waals surface area contributed by atoms with Crippen LogP contribution in [0, 0.1) is 0 Å². The molecule has 0 saturated carbocycles. The largest absolute Gasteiger partial charge is 0.497 e. The second-order valence-corrected chi connectivity index (χ2v) is 8.76. The molecule has 3 aromatic rings. The highest BCUT2D eigenvalue weighted by Crippen LogP contribution is 2.25. The summed E-state index contributed by atoms with van der Waals surface area (Å²) in [6, 6.07) is 19.0. The van der Waals surface area contributed by atoms with Gasteiger partial charge in [0.2, 0.25) is 0 Å². The van der Waals surface area contributed by atoms with E-state index >= 15 is 0 Å². The minimum absolute atomic E-state index is 0.103. The van der Waals surface area contributed by atoms with E-state index in [9.17, 15) is 18.0 Å². The molecule has 160 valence electrons. The van der Waals surface area contributed by atoms with Gasteiger partial charge in [-0.1, -0.05) is 18.2 Å². The van der Waals surface area contributed by atoms with Crippen LogP contribution >= 0.6 is 0 Å². The van der Waals surface area contributed by atoms with Crippen LogP contribution in [0.5, 0.6) is 5.75 Å². The fraction of sp³-hybridized carbons (Fsp3) is 0.130.